The number of fused-ring (bicyclic) bond motifs is 1. The smallest absolute Gasteiger partial charge is 0.338 e. The third-order valence-electron chi connectivity index (χ3n) is 4.88. The Labute approximate surface area is 179 Å². The predicted molar refractivity (Wildman–Crippen MR) is 114 cm³/mol. The normalized spacial score (nSPS) is 15.2. The van der Waals surface area contributed by atoms with E-state index in [0.29, 0.717) is 5.69 Å². The number of hydrogen-bond donors (Lipinski definition) is 2. The largest absolute Gasteiger partial charge is 0.478 e. The van der Waals surface area contributed by atoms with E-state index in [2.05, 4.69) is 5.32 Å². The maximum Gasteiger partial charge on any atom is 0.338 e. The topological polar surface area (TPSA) is 113 Å². The van der Waals surface area contributed by atoms with Crippen LogP contribution in [0.2, 0.25) is 0 Å². The first kappa shape index (κ1) is 21.8. The Morgan fingerprint density at radius 1 is 1.13 bits per heavy atom. The Bertz CT molecular complexity index is 1060. The first-order valence-electron chi connectivity index (χ1n) is 9.66. The summed E-state index contributed by atoms with van der Waals surface area (Å²) in [4.78, 5) is 49.1. The van der Waals surface area contributed by atoms with Gasteiger partial charge in [-0.2, -0.15) is 0 Å². The number of ether oxygens (including phenoxy) is 1. The van der Waals surface area contributed by atoms with Crippen molar-refractivity contribution in [2.45, 2.75) is 26.3 Å². The number of carbonyl (C=O) groups is 4. The summed E-state index contributed by atoms with van der Waals surface area (Å²) in [5, 5.41) is 11.3. The average molecular weight is 422 g/mol. The van der Waals surface area contributed by atoms with Gasteiger partial charge in [-0.05, 0) is 56.2 Å². The minimum Gasteiger partial charge on any atom is -0.478 e. The fraction of sp³-hybridized carbons (Fsp3) is 0.217. The van der Waals surface area contributed by atoms with E-state index in [0.717, 1.165) is 23.7 Å². The van der Waals surface area contributed by atoms with Crippen molar-refractivity contribution in [1.82, 2.24) is 0 Å². The van der Waals surface area contributed by atoms with Gasteiger partial charge in [0.25, 0.3) is 5.91 Å². The summed E-state index contributed by atoms with van der Waals surface area (Å²) >= 11 is 0. The van der Waals surface area contributed by atoms with Crippen molar-refractivity contribution < 1.29 is 29.0 Å². The zero-order valence-corrected chi connectivity index (χ0v) is 17.1. The minimum atomic E-state index is -1.19. The molecule has 1 atom stereocenters. The lowest BCUT2D eigenvalue weighted by atomic mass is 10.1. The van der Waals surface area contributed by atoms with Crippen LogP contribution in [0.25, 0.3) is 0 Å². The maximum absolute atomic E-state index is 12.6. The van der Waals surface area contributed by atoms with Crippen LogP contribution in [-0.4, -0.2) is 41.5 Å². The van der Waals surface area contributed by atoms with Crippen molar-refractivity contribution in [3.05, 3.63) is 71.3 Å². The molecule has 1 unspecified atom stereocenters. The Morgan fingerprint density at radius 3 is 2.48 bits per heavy atom. The highest BCUT2D eigenvalue weighted by Crippen LogP contribution is 2.31. The molecular weight excluding hydrogens is 400 g/mol. The Balaban J connectivity index is 1.56. The van der Waals surface area contributed by atoms with E-state index in [-0.39, 0.29) is 29.7 Å². The molecule has 31 heavy (non-hydrogen) atoms. The monoisotopic (exact) mass is 422 g/mol. The first-order valence-corrected chi connectivity index (χ1v) is 9.66. The molecule has 0 aliphatic carbocycles. The van der Waals surface area contributed by atoms with E-state index in [9.17, 15) is 19.2 Å². The molecule has 1 aliphatic rings. The molecule has 0 radical (unpaired) electrons. The third kappa shape index (κ3) is 5.16. The van der Waals surface area contributed by atoms with Gasteiger partial charge in [-0.15, -0.1) is 0 Å². The SMILES string of the molecule is C/C(=C/C(=O)Nc1ccc(C(=O)OCC(=O)N2c3ccccc3CC2C)cc1)C(=O)O. The van der Waals surface area contributed by atoms with E-state index in [1.807, 2.05) is 31.2 Å². The molecule has 2 aromatic carbocycles. The van der Waals surface area contributed by atoms with Crippen LogP contribution in [0.4, 0.5) is 11.4 Å². The highest BCUT2D eigenvalue weighted by Gasteiger charge is 2.31. The van der Waals surface area contributed by atoms with Crippen LogP contribution in [-0.2, 0) is 25.5 Å². The molecule has 8 nitrogen and oxygen atoms in total. The van der Waals surface area contributed by atoms with Crippen LogP contribution in [0.5, 0.6) is 0 Å². The second-order valence-corrected chi connectivity index (χ2v) is 7.22. The van der Waals surface area contributed by atoms with Crippen molar-refractivity contribution in [3.8, 4) is 0 Å². The van der Waals surface area contributed by atoms with Gasteiger partial charge in [0.15, 0.2) is 6.61 Å². The molecule has 0 saturated carbocycles. The number of esters is 1. The first-order chi connectivity index (χ1) is 14.8. The maximum atomic E-state index is 12.6. The molecule has 0 saturated heterocycles. The van der Waals surface area contributed by atoms with Gasteiger partial charge in [0.05, 0.1) is 5.56 Å². The van der Waals surface area contributed by atoms with Crippen molar-refractivity contribution in [1.29, 1.82) is 0 Å². The van der Waals surface area contributed by atoms with Gasteiger partial charge in [0.2, 0.25) is 5.91 Å². The van der Waals surface area contributed by atoms with Gasteiger partial charge in [-0.25, -0.2) is 9.59 Å². The van der Waals surface area contributed by atoms with E-state index in [1.54, 1.807) is 4.90 Å². The number of anilines is 2. The van der Waals surface area contributed by atoms with Crippen molar-refractivity contribution >= 4 is 35.1 Å². The van der Waals surface area contributed by atoms with Gasteiger partial charge >= 0.3 is 11.9 Å². The zero-order valence-electron chi connectivity index (χ0n) is 17.1. The van der Waals surface area contributed by atoms with Crippen LogP contribution in [0.1, 0.15) is 29.8 Å². The molecule has 2 aromatic rings. The molecule has 0 fully saturated rings. The van der Waals surface area contributed by atoms with E-state index < -0.39 is 17.8 Å². The molecule has 0 spiro atoms. The second-order valence-electron chi connectivity index (χ2n) is 7.22. The second kappa shape index (κ2) is 9.25. The Kier molecular flexibility index (Phi) is 6.49. The highest BCUT2D eigenvalue weighted by molar-refractivity contribution is 6.04. The summed E-state index contributed by atoms with van der Waals surface area (Å²) in [6.45, 7) is 2.87. The number of aliphatic carboxylic acids is 1. The fourth-order valence-electron chi connectivity index (χ4n) is 3.35. The quantitative estimate of drug-likeness (QED) is 0.547. The molecule has 2 N–H and O–H groups in total. The molecule has 0 bridgehead atoms. The summed E-state index contributed by atoms with van der Waals surface area (Å²) in [5.74, 6) is -2.74. The van der Waals surface area contributed by atoms with Crippen LogP contribution in [0, 0.1) is 0 Å². The van der Waals surface area contributed by atoms with Gasteiger partial charge in [0.1, 0.15) is 0 Å². The van der Waals surface area contributed by atoms with Gasteiger partial charge in [0, 0.05) is 29.1 Å². The number of carbonyl (C=O) groups excluding carboxylic acids is 3. The van der Waals surface area contributed by atoms with Gasteiger partial charge in [-0.1, -0.05) is 18.2 Å². The zero-order chi connectivity index (χ0) is 22.5. The number of benzene rings is 2. The van der Waals surface area contributed by atoms with Crippen LogP contribution >= 0.6 is 0 Å². The van der Waals surface area contributed by atoms with Gasteiger partial charge < -0.3 is 20.1 Å². The molecule has 3 rings (SSSR count). The minimum absolute atomic E-state index is 0.00897. The van der Waals surface area contributed by atoms with E-state index in [1.165, 1.54) is 31.2 Å². The van der Waals surface area contributed by atoms with Crippen molar-refractivity contribution in [3.63, 3.8) is 0 Å². The summed E-state index contributed by atoms with van der Waals surface area (Å²) < 4.78 is 5.17. The standard InChI is InChI=1S/C23H22N2O6/c1-14(22(28)29)11-20(26)24-18-9-7-16(8-10-18)23(30)31-13-21(27)25-15(2)12-17-5-3-4-6-19(17)25/h3-11,15H,12-13H2,1-2H3,(H,24,26)(H,28,29)/b14-11-. The number of para-hydroxylation sites is 1. The molecular formula is C23H22N2O6. The molecule has 160 valence electrons. The molecule has 1 aliphatic heterocycles. The fourth-order valence-corrected chi connectivity index (χ4v) is 3.35. The Morgan fingerprint density at radius 2 is 1.81 bits per heavy atom. The van der Waals surface area contributed by atoms with Crippen LogP contribution in [0.15, 0.2) is 60.2 Å². The van der Waals surface area contributed by atoms with Gasteiger partial charge in [-0.3, -0.25) is 9.59 Å². The number of amides is 2. The van der Waals surface area contributed by atoms with Crippen LogP contribution < -0.4 is 10.2 Å². The van der Waals surface area contributed by atoms with Crippen molar-refractivity contribution in [2.75, 3.05) is 16.8 Å². The average Bonchev–Trinajstić information content (AvgIpc) is 3.07. The Hall–Kier alpha value is -3.94. The number of carboxylic acids is 1. The third-order valence-corrected chi connectivity index (χ3v) is 4.88. The summed E-state index contributed by atoms with van der Waals surface area (Å²) in [6, 6.07) is 13.5. The van der Waals surface area contributed by atoms with E-state index >= 15 is 0 Å². The summed E-state index contributed by atoms with van der Waals surface area (Å²) in [7, 11) is 0. The molecule has 2 amide bonds. The highest BCUT2D eigenvalue weighted by atomic mass is 16.5. The van der Waals surface area contributed by atoms with E-state index in [4.69, 9.17) is 9.84 Å². The number of nitrogens with zero attached hydrogens (tertiary/aromatic N) is 1. The number of hydrogen-bond acceptors (Lipinski definition) is 5. The predicted octanol–water partition coefficient (Wildman–Crippen LogP) is 2.79. The van der Waals surface area contributed by atoms with Crippen molar-refractivity contribution in [2.24, 2.45) is 0 Å². The molecule has 1 heterocycles. The summed E-state index contributed by atoms with van der Waals surface area (Å²) in [6.07, 6.45) is 1.72. The number of carboxylic acid groups (broad SMARTS) is 1. The van der Waals surface area contributed by atoms with Crippen LogP contribution in [0.3, 0.4) is 0 Å². The lowest BCUT2D eigenvalue weighted by Crippen LogP contribution is -2.38. The molecule has 0 aromatic heterocycles. The lowest BCUT2D eigenvalue weighted by molar-refractivity contribution is -0.132. The number of rotatable bonds is 6. The lowest BCUT2D eigenvalue weighted by Gasteiger charge is -2.22. The molecule has 8 heteroatoms. The number of nitrogens with one attached hydrogen (secondary N) is 1. The summed E-state index contributed by atoms with van der Waals surface area (Å²) in [5.41, 5.74) is 2.42.